The maximum atomic E-state index is 12.5. The number of aliphatic carboxylic acids is 1. The van der Waals surface area contributed by atoms with Gasteiger partial charge < -0.3 is 37.6 Å². The lowest BCUT2D eigenvalue weighted by molar-refractivity contribution is -0.144. The van der Waals surface area contributed by atoms with Crippen LogP contribution in [0, 0.1) is 5.92 Å². The molecule has 0 spiro atoms. The Hall–Kier alpha value is -2.38. The highest BCUT2D eigenvalue weighted by atomic mass is 32.1. The molecule has 0 saturated carbocycles. The summed E-state index contributed by atoms with van der Waals surface area (Å²) in [6, 6.07) is -5.12. The standard InChI is InChI=1S/C16H29N5O7S/c1-7(2)3-9(14(25)20-10(16(27)28)4-12(18)23)19-15(26)11(5-22)21-13(24)8(17)6-29/h7-11,22,29H,3-6,17H2,1-2H3,(H2,18,23)(H,19,26)(H,20,25)(H,21,24)(H,27,28). The molecule has 13 heteroatoms. The molecule has 0 aliphatic carbocycles. The van der Waals surface area contributed by atoms with Crippen molar-refractivity contribution in [3.63, 3.8) is 0 Å². The lowest BCUT2D eigenvalue weighted by Crippen LogP contribution is -2.58. The van der Waals surface area contributed by atoms with E-state index >= 15 is 0 Å². The van der Waals surface area contributed by atoms with Crippen LogP contribution in [0.1, 0.15) is 26.7 Å². The van der Waals surface area contributed by atoms with E-state index in [0.717, 1.165) is 0 Å². The number of primary amides is 1. The highest BCUT2D eigenvalue weighted by molar-refractivity contribution is 7.80. The van der Waals surface area contributed by atoms with Crippen molar-refractivity contribution in [2.45, 2.75) is 50.9 Å². The van der Waals surface area contributed by atoms with Gasteiger partial charge in [0.05, 0.1) is 19.1 Å². The number of rotatable bonds is 13. The molecule has 4 amide bonds. The summed E-state index contributed by atoms with van der Waals surface area (Å²) >= 11 is 3.87. The Labute approximate surface area is 173 Å². The molecule has 29 heavy (non-hydrogen) atoms. The molecule has 0 rings (SSSR count). The predicted molar refractivity (Wildman–Crippen MR) is 106 cm³/mol. The first kappa shape index (κ1) is 26.6. The molecule has 12 nitrogen and oxygen atoms in total. The Balaban J connectivity index is 5.27. The molecule has 4 atom stereocenters. The van der Waals surface area contributed by atoms with Gasteiger partial charge in [0.25, 0.3) is 0 Å². The van der Waals surface area contributed by atoms with Crippen LogP contribution < -0.4 is 27.4 Å². The Kier molecular flexibility index (Phi) is 11.9. The van der Waals surface area contributed by atoms with Gasteiger partial charge in [0.1, 0.15) is 18.1 Å². The number of hydrogen-bond donors (Lipinski definition) is 8. The summed E-state index contributed by atoms with van der Waals surface area (Å²) in [5.74, 6) is -4.89. The van der Waals surface area contributed by atoms with E-state index in [-0.39, 0.29) is 18.1 Å². The van der Waals surface area contributed by atoms with Gasteiger partial charge in [0.2, 0.25) is 23.6 Å². The summed E-state index contributed by atoms with van der Waals surface area (Å²) in [4.78, 5) is 58.9. The van der Waals surface area contributed by atoms with Crippen LogP contribution in [0.2, 0.25) is 0 Å². The fourth-order valence-electron chi connectivity index (χ4n) is 2.20. The van der Waals surface area contributed by atoms with Crippen LogP contribution in [-0.2, 0) is 24.0 Å². The van der Waals surface area contributed by atoms with Crippen molar-refractivity contribution in [1.82, 2.24) is 16.0 Å². The van der Waals surface area contributed by atoms with E-state index in [1.165, 1.54) is 0 Å². The molecule has 0 radical (unpaired) electrons. The van der Waals surface area contributed by atoms with Gasteiger partial charge in [-0.2, -0.15) is 12.6 Å². The van der Waals surface area contributed by atoms with E-state index in [0.29, 0.717) is 0 Å². The zero-order chi connectivity index (χ0) is 22.7. The van der Waals surface area contributed by atoms with Crippen LogP contribution in [0.25, 0.3) is 0 Å². The van der Waals surface area contributed by atoms with Crippen molar-refractivity contribution in [3.05, 3.63) is 0 Å². The highest BCUT2D eigenvalue weighted by Gasteiger charge is 2.30. The third-order valence-electron chi connectivity index (χ3n) is 3.71. The van der Waals surface area contributed by atoms with Crippen molar-refractivity contribution < 1.29 is 34.2 Å². The van der Waals surface area contributed by atoms with Gasteiger partial charge in [0.15, 0.2) is 0 Å². The van der Waals surface area contributed by atoms with Gasteiger partial charge in [-0.3, -0.25) is 19.2 Å². The van der Waals surface area contributed by atoms with E-state index in [1.807, 2.05) is 0 Å². The number of carboxylic acids is 1. The molecule has 0 fully saturated rings. The van der Waals surface area contributed by atoms with Crippen molar-refractivity contribution in [2.24, 2.45) is 17.4 Å². The summed E-state index contributed by atoms with van der Waals surface area (Å²) in [6.45, 7) is 2.77. The molecule has 4 unspecified atom stereocenters. The number of nitrogens with two attached hydrogens (primary N) is 2. The zero-order valence-corrected chi connectivity index (χ0v) is 17.1. The number of carbonyl (C=O) groups excluding carboxylic acids is 4. The van der Waals surface area contributed by atoms with E-state index in [1.54, 1.807) is 13.8 Å². The normalized spacial score (nSPS) is 15.0. The lowest BCUT2D eigenvalue weighted by atomic mass is 10.0. The van der Waals surface area contributed by atoms with Crippen molar-refractivity contribution >= 4 is 42.2 Å². The van der Waals surface area contributed by atoms with Crippen molar-refractivity contribution in [1.29, 1.82) is 0 Å². The quantitative estimate of drug-likeness (QED) is 0.137. The number of nitrogens with one attached hydrogen (secondary N) is 3. The molecule has 9 N–H and O–H groups in total. The predicted octanol–water partition coefficient (Wildman–Crippen LogP) is -3.30. The van der Waals surface area contributed by atoms with E-state index in [4.69, 9.17) is 16.6 Å². The molecule has 166 valence electrons. The van der Waals surface area contributed by atoms with E-state index in [2.05, 4.69) is 28.6 Å². The topological polar surface area (TPSA) is 214 Å². The number of carbonyl (C=O) groups is 5. The summed E-state index contributed by atoms with van der Waals surface area (Å²) in [7, 11) is 0. The Bertz CT molecular complexity index is 616. The van der Waals surface area contributed by atoms with Crippen LogP contribution in [0.15, 0.2) is 0 Å². The smallest absolute Gasteiger partial charge is 0.326 e. The van der Waals surface area contributed by atoms with Crippen molar-refractivity contribution in [3.8, 4) is 0 Å². The van der Waals surface area contributed by atoms with Crippen LogP contribution in [0.5, 0.6) is 0 Å². The van der Waals surface area contributed by atoms with Crippen molar-refractivity contribution in [2.75, 3.05) is 12.4 Å². The van der Waals surface area contributed by atoms with Gasteiger partial charge in [-0.05, 0) is 12.3 Å². The molecule has 0 aromatic rings. The van der Waals surface area contributed by atoms with Crippen LogP contribution in [-0.4, -0.2) is 76.3 Å². The van der Waals surface area contributed by atoms with Gasteiger partial charge in [-0.1, -0.05) is 13.8 Å². The average molecular weight is 436 g/mol. The summed E-state index contributed by atoms with van der Waals surface area (Å²) in [5.41, 5.74) is 10.5. The number of aliphatic hydroxyl groups is 1. The van der Waals surface area contributed by atoms with Crippen LogP contribution in [0.4, 0.5) is 0 Å². The molecule has 0 heterocycles. The second-order valence-electron chi connectivity index (χ2n) is 6.79. The number of thiol groups is 1. The first-order valence-corrected chi connectivity index (χ1v) is 9.45. The maximum absolute atomic E-state index is 12.5. The molecular weight excluding hydrogens is 406 g/mol. The Morgan fingerprint density at radius 1 is 0.931 bits per heavy atom. The minimum Gasteiger partial charge on any atom is -0.480 e. The molecular formula is C16H29N5O7S. The van der Waals surface area contributed by atoms with Gasteiger partial charge in [-0.15, -0.1) is 0 Å². The summed E-state index contributed by atoms with van der Waals surface area (Å²) in [5, 5.41) is 25.2. The number of amides is 4. The van der Waals surface area contributed by atoms with Crippen LogP contribution in [0.3, 0.4) is 0 Å². The number of carboxylic acid groups (broad SMARTS) is 1. The van der Waals surface area contributed by atoms with E-state index < -0.39 is 66.8 Å². The third kappa shape index (κ3) is 10.1. The fraction of sp³-hybridized carbons (Fsp3) is 0.688. The second kappa shape index (κ2) is 13.0. The lowest BCUT2D eigenvalue weighted by Gasteiger charge is -2.25. The molecule has 0 aromatic heterocycles. The summed E-state index contributed by atoms with van der Waals surface area (Å²) in [6.07, 6.45) is -0.497. The first-order valence-electron chi connectivity index (χ1n) is 8.82. The fourth-order valence-corrected chi connectivity index (χ4v) is 2.37. The minimum absolute atomic E-state index is 0.0143. The largest absolute Gasteiger partial charge is 0.480 e. The first-order chi connectivity index (χ1) is 13.4. The highest BCUT2D eigenvalue weighted by Crippen LogP contribution is 2.07. The Morgan fingerprint density at radius 3 is 1.83 bits per heavy atom. The zero-order valence-electron chi connectivity index (χ0n) is 16.3. The molecule has 0 aliphatic heterocycles. The monoisotopic (exact) mass is 435 g/mol. The maximum Gasteiger partial charge on any atom is 0.326 e. The van der Waals surface area contributed by atoms with Crippen LogP contribution >= 0.6 is 12.6 Å². The average Bonchev–Trinajstić information content (AvgIpc) is 2.62. The van der Waals surface area contributed by atoms with Gasteiger partial charge in [0, 0.05) is 5.75 Å². The molecule has 0 aliphatic rings. The summed E-state index contributed by atoms with van der Waals surface area (Å²) < 4.78 is 0. The molecule has 0 saturated heterocycles. The number of aliphatic hydroxyl groups excluding tert-OH is 1. The second-order valence-corrected chi connectivity index (χ2v) is 7.16. The number of hydrogen-bond acceptors (Lipinski definition) is 8. The minimum atomic E-state index is -1.56. The van der Waals surface area contributed by atoms with E-state index in [9.17, 15) is 29.1 Å². The van der Waals surface area contributed by atoms with Gasteiger partial charge >= 0.3 is 5.97 Å². The molecule has 0 aromatic carbocycles. The molecule has 0 bridgehead atoms. The SMILES string of the molecule is CC(C)CC(NC(=O)C(CO)NC(=O)C(N)CS)C(=O)NC(CC(N)=O)C(=O)O. The Morgan fingerprint density at radius 2 is 1.41 bits per heavy atom. The third-order valence-corrected chi connectivity index (χ3v) is 4.10. The van der Waals surface area contributed by atoms with Gasteiger partial charge in [-0.25, -0.2) is 4.79 Å².